The first-order valence-corrected chi connectivity index (χ1v) is 5.82. The fourth-order valence-corrected chi connectivity index (χ4v) is 1.45. The maximum atomic E-state index is 11.2. The minimum Gasteiger partial charge on any atom is -0.295 e. The van der Waals surface area contributed by atoms with E-state index in [4.69, 9.17) is 0 Å². The van der Waals surface area contributed by atoms with Gasteiger partial charge in [0.05, 0.1) is 0 Å². The van der Waals surface area contributed by atoms with E-state index < -0.39 is 0 Å². The molecule has 0 aliphatic carbocycles. The number of rotatable bonds is 7. The number of ketones is 1. The Labute approximate surface area is 89.7 Å². The van der Waals surface area contributed by atoms with Crippen LogP contribution in [0.15, 0.2) is 10.6 Å². The summed E-state index contributed by atoms with van der Waals surface area (Å²) in [4.78, 5) is 11.2. The quantitative estimate of drug-likeness (QED) is 0.486. The molecule has 2 heteroatoms. The Morgan fingerprint density at radius 1 is 1.23 bits per heavy atom. The molecule has 0 aromatic heterocycles. The number of carbonyl (C=O) groups is 1. The summed E-state index contributed by atoms with van der Waals surface area (Å²) in [6.07, 6.45) is 8.41. The van der Waals surface area contributed by atoms with Gasteiger partial charge in [0, 0.05) is 6.42 Å². The molecule has 0 saturated heterocycles. The highest BCUT2D eigenvalue weighted by Gasteiger charge is 1.97. The smallest absolute Gasteiger partial charge is 0.156 e. The summed E-state index contributed by atoms with van der Waals surface area (Å²) < 4.78 is 0.922. The summed E-state index contributed by atoms with van der Waals surface area (Å²) in [5.41, 5.74) is 0. The van der Waals surface area contributed by atoms with Crippen LogP contribution in [0.3, 0.4) is 0 Å². The van der Waals surface area contributed by atoms with Crippen molar-refractivity contribution >= 4 is 21.7 Å². The van der Waals surface area contributed by atoms with Crippen LogP contribution in [0.2, 0.25) is 0 Å². The van der Waals surface area contributed by atoms with Gasteiger partial charge >= 0.3 is 0 Å². The summed E-state index contributed by atoms with van der Waals surface area (Å²) in [5, 5.41) is 0. The normalized spacial score (nSPS) is 11.8. The van der Waals surface area contributed by atoms with Gasteiger partial charge in [-0.2, -0.15) is 0 Å². The molecule has 0 aromatic carbocycles. The zero-order valence-electron chi connectivity index (χ0n) is 8.61. The molecule has 0 atom stereocenters. The predicted octanol–water partition coefficient (Wildman–Crippen LogP) is 4.21. The maximum Gasteiger partial charge on any atom is 0.156 e. The largest absolute Gasteiger partial charge is 0.295 e. The molecule has 0 fully saturated rings. The molecule has 0 amide bonds. The molecule has 0 aromatic rings. The number of unbranched alkanes of at least 4 members (excludes halogenated alkanes) is 4. The van der Waals surface area contributed by atoms with Crippen molar-refractivity contribution < 1.29 is 4.79 Å². The second-order valence-electron chi connectivity index (χ2n) is 3.36. The van der Waals surface area contributed by atoms with Crippen LogP contribution in [0, 0.1) is 0 Å². The average Bonchev–Trinajstić information content (AvgIpc) is 2.02. The minimum absolute atomic E-state index is 0.242. The molecule has 0 bridgehead atoms. The van der Waals surface area contributed by atoms with E-state index in [0.717, 1.165) is 10.9 Å². The van der Waals surface area contributed by atoms with Gasteiger partial charge in [-0.3, -0.25) is 4.79 Å². The molecule has 0 aliphatic heterocycles. The molecule has 13 heavy (non-hydrogen) atoms. The fraction of sp³-hybridized carbons (Fsp3) is 0.727. The van der Waals surface area contributed by atoms with Gasteiger partial charge in [-0.05, 0) is 23.9 Å². The topological polar surface area (TPSA) is 17.1 Å². The Hall–Kier alpha value is -0.110. The van der Waals surface area contributed by atoms with Crippen LogP contribution in [0.25, 0.3) is 0 Å². The van der Waals surface area contributed by atoms with Crippen LogP contribution in [0.4, 0.5) is 0 Å². The van der Waals surface area contributed by atoms with Crippen molar-refractivity contribution in [2.45, 2.75) is 52.4 Å². The molecular weight excluding hydrogens is 228 g/mol. The lowest BCUT2D eigenvalue weighted by molar-refractivity contribution is -0.114. The second-order valence-corrected chi connectivity index (χ2v) is 4.61. The molecule has 1 nitrogen and oxygen atoms in total. The van der Waals surface area contributed by atoms with Crippen LogP contribution in [0.1, 0.15) is 52.4 Å². The van der Waals surface area contributed by atoms with E-state index in [2.05, 4.69) is 22.9 Å². The molecule has 0 radical (unpaired) electrons. The van der Waals surface area contributed by atoms with Crippen LogP contribution in [0.5, 0.6) is 0 Å². The Morgan fingerprint density at radius 2 is 1.85 bits per heavy atom. The molecule has 0 unspecified atom stereocenters. The average molecular weight is 247 g/mol. The predicted molar refractivity (Wildman–Crippen MR) is 61.1 cm³/mol. The van der Waals surface area contributed by atoms with Gasteiger partial charge in [0.2, 0.25) is 0 Å². The molecule has 0 spiro atoms. The third-order valence-electron chi connectivity index (χ3n) is 1.89. The number of hydrogen-bond acceptors (Lipinski definition) is 1. The van der Waals surface area contributed by atoms with E-state index in [1.807, 2.05) is 6.92 Å². The Bertz CT molecular complexity index is 169. The van der Waals surface area contributed by atoms with Gasteiger partial charge in [-0.1, -0.05) is 48.5 Å². The second kappa shape index (κ2) is 8.49. The third kappa shape index (κ3) is 9.81. The van der Waals surface area contributed by atoms with Gasteiger partial charge in [-0.15, -0.1) is 0 Å². The van der Waals surface area contributed by atoms with E-state index in [-0.39, 0.29) is 5.78 Å². The number of hydrogen-bond donors (Lipinski definition) is 0. The monoisotopic (exact) mass is 246 g/mol. The first kappa shape index (κ1) is 12.9. The van der Waals surface area contributed by atoms with Crippen LogP contribution in [-0.4, -0.2) is 5.78 Å². The van der Waals surface area contributed by atoms with Gasteiger partial charge in [-0.25, -0.2) is 0 Å². The van der Waals surface area contributed by atoms with E-state index >= 15 is 0 Å². The first-order chi connectivity index (χ1) is 6.16. The molecule has 0 aliphatic rings. The van der Waals surface area contributed by atoms with E-state index in [1.54, 1.807) is 6.08 Å². The molecule has 0 heterocycles. The van der Waals surface area contributed by atoms with Crippen LogP contribution < -0.4 is 0 Å². The summed E-state index contributed by atoms with van der Waals surface area (Å²) >= 11 is 3.25. The number of halogens is 1. The lowest BCUT2D eigenvalue weighted by Gasteiger charge is -1.97. The first-order valence-electron chi connectivity index (χ1n) is 5.03. The molecule has 76 valence electrons. The zero-order valence-corrected chi connectivity index (χ0v) is 10.2. The molecular formula is C11H19BrO. The Kier molecular flexibility index (Phi) is 8.41. The van der Waals surface area contributed by atoms with Gasteiger partial charge in [0.25, 0.3) is 0 Å². The van der Waals surface area contributed by atoms with Crippen molar-refractivity contribution in [3.05, 3.63) is 10.6 Å². The molecule has 0 N–H and O–H groups in total. The fourth-order valence-electron chi connectivity index (χ4n) is 1.20. The van der Waals surface area contributed by atoms with Crippen molar-refractivity contribution in [3.63, 3.8) is 0 Å². The maximum absolute atomic E-state index is 11.2. The van der Waals surface area contributed by atoms with Crippen molar-refractivity contribution in [1.82, 2.24) is 0 Å². The third-order valence-corrected chi connectivity index (χ3v) is 2.12. The van der Waals surface area contributed by atoms with Crippen LogP contribution >= 0.6 is 15.9 Å². The van der Waals surface area contributed by atoms with Crippen LogP contribution in [-0.2, 0) is 4.79 Å². The minimum atomic E-state index is 0.242. The lowest BCUT2D eigenvalue weighted by atomic mass is 10.1. The zero-order chi connectivity index (χ0) is 10.1. The summed E-state index contributed by atoms with van der Waals surface area (Å²) in [6, 6.07) is 0. The van der Waals surface area contributed by atoms with E-state index in [0.29, 0.717) is 6.42 Å². The Morgan fingerprint density at radius 3 is 2.38 bits per heavy atom. The standard InChI is InChI=1S/C11H19BrO/c1-3-4-5-6-7-8-11(13)9-10(2)12/h9H,3-8H2,1-2H3. The summed E-state index contributed by atoms with van der Waals surface area (Å²) in [5.74, 6) is 0.242. The number of carbonyl (C=O) groups excluding carboxylic acids is 1. The summed E-state index contributed by atoms with van der Waals surface area (Å²) in [6.45, 7) is 4.08. The van der Waals surface area contributed by atoms with E-state index in [9.17, 15) is 4.79 Å². The van der Waals surface area contributed by atoms with Gasteiger partial charge < -0.3 is 0 Å². The SMILES string of the molecule is CCCCCCCC(=O)C=C(C)Br. The van der Waals surface area contributed by atoms with Gasteiger partial charge in [0.15, 0.2) is 5.78 Å². The van der Waals surface area contributed by atoms with Gasteiger partial charge in [0.1, 0.15) is 0 Å². The van der Waals surface area contributed by atoms with Crippen molar-refractivity contribution in [1.29, 1.82) is 0 Å². The lowest BCUT2D eigenvalue weighted by Crippen LogP contribution is -1.92. The van der Waals surface area contributed by atoms with Crippen molar-refractivity contribution in [2.75, 3.05) is 0 Å². The van der Waals surface area contributed by atoms with Crippen molar-refractivity contribution in [3.8, 4) is 0 Å². The van der Waals surface area contributed by atoms with Crippen molar-refractivity contribution in [2.24, 2.45) is 0 Å². The highest BCUT2D eigenvalue weighted by Crippen LogP contribution is 2.08. The molecule has 0 saturated carbocycles. The molecule has 0 rings (SSSR count). The Balaban J connectivity index is 3.33. The highest BCUT2D eigenvalue weighted by atomic mass is 79.9. The summed E-state index contributed by atoms with van der Waals surface area (Å²) in [7, 11) is 0. The highest BCUT2D eigenvalue weighted by molar-refractivity contribution is 9.11. The number of allylic oxidation sites excluding steroid dienone is 2. The van der Waals surface area contributed by atoms with E-state index in [1.165, 1.54) is 25.7 Å².